The Morgan fingerprint density at radius 1 is 1.33 bits per heavy atom. The number of hydrogen-bond acceptors (Lipinski definition) is 3. The lowest BCUT2D eigenvalue weighted by atomic mass is 10.1. The van der Waals surface area contributed by atoms with Crippen LogP contribution in [0.5, 0.6) is 0 Å². The number of anilines is 1. The molecular formula is C15H20N2O3S. The Hall–Kier alpha value is -1.69. The lowest BCUT2D eigenvalue weighted by molar-refractivity contribution is 0.0698. The molecule has 1 aliphatic rings. The first-order valence-corrected chi connectivity index (χ1v) is 8.22. The first-order valence-electron chi connectivity index (χ1n) is 6.94. The summed E-state index contributed by atoms with van der Waals surface area (Å²) in [6, 6.07) is 4.78. The molecule has 1 aromatic carbocycles. The molecule has 2 rings (SSSR count). The third kappa shape index (κ3) is 4.14. The van der Waals surface area contributed by atoms with Gasteiger partial charge in [0.1, 0.15) is 0 Å². The zero-order chi connectivity index (χ0) is 15.4. The van der Waals surface area contributed by atoms with Crippen molar-refractivity contribution in [3.05, 3.63) is 29.3 Å². The van der Waals surface area contributed by atoms with E-state index in [1.807, 2.05) is 18.7 Å². The maximum Gasteiger partial charge on any atom is 0.337 e. The fourth-order valence-corrected chi connectivity index (χ4v) is 3.37. The number of benzene rings is 1. The van der Waals surface area contributed by atoms with Crippen LogP contribution >= 0.6 is 11.8 Å². The normalized spacial score (nSPS) is 21.0. The van der Waals surface area contributed by atoms with Gasteiger partial charge < -0.3 is 15.7 Å². The van der Waals surface area contributed by atoms with Gasteiger partial charge in [0.2, 0.25) is 0 Å². The van der Waals surface area contributed by atoms with E-state index in [1.165, 1.54) is 0 Å². The third-order valence-electron chi connectivity index (χ3n) is 3.71. The van der Waals surface area contributed by atoms with Gasteiger partial charge in [0.05, 0.1) is 11.3 Å². The zero-order valence-electron chi connectivity index (χ0n) is 12.2. The maximum atomic E-state index is 12.0. The summed E-state index contributed by atoms with van der Waals surface area (Å²) in [7, 11) is 0. The molecule has 6 heteroatoms. The minimum atomic E-state index is -1.04. The highest BCUT2D eigenvalue weighted by atomic mass is 32.2. The SMILES string of the molecule is CSC1CCC(NC(=O)Nc2ccc(C)cc2C(=O)O)C1. The van der Waals surface area contributed by atoms with E-state index in [0.717, 1.165) is 24.8 Å². The highest BCUT2D eigenvalue weighted by Crippen LogP contribution is 2.28. The Morgan fingerprint density at radius 2 is 2.10 bits per heavy atom. The van der Waals surface area contributed by atoms with Crippen LogP contribution in [0.15, 0.2) is 18.2 Å². The molecule has 1 fully saturated rings. The summed E-state index contributed by atoms with van der Waals surface area (Å²) >= 11 is 1.83. The first kappa shape index (κ1) is 15.7. The van der Waals surface area contributed by atoms with Gasteiger partial charge in [-0.15, -0.1) is 0 Å². The molecule has 0 radical (unpaired) electrons. The molecule has 0 aromatic heterocycles. The molecule has 2 unspecified atom stereocenters. The standard InChI is InChI=1S/C15H20N2O3S/c1-9-3-6-13(12(7-9)14(18)19)17-15(20)16-10-4-5-11(8-10)21-2/h3,6-7,10-11H,4-5,8H2,1-2H3,(H,18,19)(H2,16,17,20). The Morgan fingerprint density at radius 3 is 2.71 bits per heavy atom. The molecule has 114 valence electrons. The molecule has 1 aliphatic carbocycles. The van der Waals surface area contributed by atoms with Crippen LogP contribution in [-0.4, -0.2) is 34.7 Å². The lowest BCUT2D eigenvalue weighted by Crippen LogP contribution is -2.36. The van der Waals surface area contributed by atoms with E-state index in [-0.39, 0.29) is 17.6 Å². The van der Waals surface area contributed by atoms with Crippen molar-refractivity contribution in [2.75, 3.05) is 11.6 Å². The summed E-state index contributed by atoms with van der Waals surface area (Å²) in [5.74, 6) is -1.04. The van der Waals surface area contributed by atoms with Crippen molar-refractivity contribution in [2.45, 2.75) is 37.5 Å². The van der Waals surface area contributed by atoms with Crippen molar-refractivity contribution < 1.29 is 14.7 Å². The summed E-state index contributed by atoms with van der Waals surface area (Å²) in [6.07, 6.45) is 5.13. The number of carbonyl (C=O) groups excluding carboxylic acids is 1. The van der Waals surface area contributed by atoms with Crippen molar-refractivity contribution in [1.82, 2.24) is 5.32 Å². The number of carboxylic acids is 1. The monoisotopic (exact) mass is 308 g/mol. The number of carbonyl (C=O) groups is 2. The summed E-state index contributed by atoms with van der Waals surface area (Å²) in [5.41, 5.74) is 1.28. The number of urea groups is 1. The van der Waals surface area contributed by atoms with Gasteiger partial charge in [-0.25, -0.2) is 9.59 Å². The average Bonchev–Trinajstić information content (AvgIpc) is 2.88. The van der Waals surface area contributed by atoms with E-state index in [4.69, 9.17) is 0 Å². The van der Waals surface area contributed by atoms with E-state index in [9.17, 15) is 14.7 Å². The molecule has 1 aromatic rings. The molecular weight excluding hydrogens is 288 g/mol. The van der Waals surface area contributed by atoms with Crippen molar-refractivity contribution in [2.24, 2.45) is 0 Å². The fraction of sp³-hybridized carbons (Fsp3) is 0.467. The largest absolute Gasteiger partial charge is 0.478 e. The number of carboxylic acid groups (broad SMARTS) is 1. The predicted octanol–water partition coefficient (Wildman–Crippen LogP) is 3.10. The first-order chi connectivity index (χ1) is 9.99. The summed E-state index contributed by atoms with van der Waals surface area (Å²) in [5, 5.41) is 15.3. The second kappa shape index (κ2) is 6.85. The van der Waals surface area contributed by atoms with Crippen molar-refractivity contribution in [3.63, 3.8) is 0 Å². The second-order valence-electron chi connectivity index (χ2n) is 5.32. The number of thioether (sulfide) groups is 1. The van der Waals surface area contributed by atoms with Gasteiger partial charge >= 0.3 is 12.0 Å². The van der Waals surface area contributed by atoms with Crippen LogP contribution in [-0.2, 0) is 0 Å². The fourth-order valence-electron chi connectivity index (χ4n) is 2.57. The quantitative estimate of drug-likeness (QED) is 0.798. The maximum absolute atomic E-state index is 12.0. The molecule has 2 atom stereocenters. The van der Waals surface area contributed by atoms with Gasteiger partial charge in [0.25, 0.3) is 0 Å². The Kier molecular flexibility index (Phi) is 5.12. The molecule has 3 N–H and O–H groups in total. The second-order valence-corrected chi connectivity index (χ2v) is 6.46. The Labute approximate surface area is 128 Å². The molecule has 1 saturated carbocycles. The molecule has 0 saturated heterocycles. The van der Waals surface area contributed by atoms with Gasteiger partial charge in [0, 0.05) is 11.3 Å². The van der Waals surface area contributed by atoms with Crippen molar-refractivity contribution in [1.29, 1.82) is 0 Å². The van der Waals surface area contributed by atoms with E-state index < -0.39 is 5.97 Å². The molecule has 0 aliphatic heterocycles. The zero-order valence-corrected chi connectivity index (χ0v) is 13.0. The van der Waals surface area contributed by atoms with E-state index in [1.54, 1.807) is 18.2 Å². The van der Waals surface area contributed by atoms with Crippen LogP contribution in [0, 0.1) is 6.92 Å². The lowest BCUT2D eigenvalue weighted by Gasteiger charge is -2.15. The summed E-state index contributed by atoms with van der Waals surface area (Å²) < 4.78 is 0. The topological polar surface area (TPSA) is 78.4 Å². The molecule has 0 bridgehead atoms. The van der Waals surface area contributed by atoms with E-state index in [2.05, 4.69) is 16.9 Å². The Balaban J connectivity index is 1.98. The van der Waals surface area contributed by atoms with Crippen molar-refractivity contribution >= 4 is 29.4 Å². The molecule has 2 amide bonds. The van der Waals surface area contributed by atoms with Crippen LogP contribution in [0.3, 0.4) is 0 Å². The highest BCUT2D eigenvalue weighted by molar-refractivity contribution is 7.99. The number of hydrogen-bond donors (Lipinski definition) is 3. The minimum Gasteiger partial charge on any atom is -0.478 e. The van der Waals surface area contributed by atoms with Crippen LogP contribution in [0.4, 0.5) is 10.5 Å². The number of aryl methyl sites for hydroxylation is 1. The molecule has 0 spiro atoms. The number of aromatic carboxylic acids is 1. The highest BCUT2D eigenvalue weighted by Gasteiger charge is 2.25. The Bertz CT molecular complexity index is 548. The van der Waals surface area contributed by atoms with Crippen LogP contribution < -0.4 is 10.6 Å². The van der Waals surface area contributed by atoms with Gasteiger partial charge in [0.15, 0.2) is 0 Å². The van der Waals surface area contributed by atoms with Gasteiger partial charge in [-0.3, -0.25) is 0 Å². The smallest absolute Gasteiger partial charge is 0.337 e. The number of amides is 2. The molecule has 5 nitrogen and oxygen atoms in total. The average molecular weight is 308 g/mol. The van der Waals surface area contributed by atoms with Gasteiger partial charge in [-0.05, 0) is 44.6 Å². The number of rotatable bonds is 4. The van der Waals surface area contributed by atoms with E-state index >= 15 is 0 Å². The molecule has 21 heavy (non-hydrogen) atoms. The van der Waals surface area contributed by atoms with Crippen LogP contribution in [0.2, 0.25) is 0 Å². The number of nitrogens with one attached hydrogen (secondary N) is 2. The molecule has 0 heterocycles. The van der Waals surface area contributed by atoms with Gasteiger partial charge in [-0.2, -0.15) is 11.8 Å². The van der Waals surface area contributed by atoms with Gasteiger partial charge in [-0.1, -0.05) is 11.6 Å². The minimum absolute atomic E-state index is 0.110. The summed E-state index contributed by atoms with van der Waals surface area (Å²) in [6.45, 7) is 1.82. The third-order valence-corrected chi connectivity index (χ3v) is 4.80. The van der Waals surface area contributed by atoms with Crippen LogP contribution in [0.1, 0.15) is 35.2 Å². The van der Waals surface area contributed by atoms with Crippen LogP contribution in [0.25, 0.3) is 0 Å². The van der Waals surface area contributed by atoms with E-state index in [0.29, 0.717) is 10.9 Å². The van der Waals surface area contributed by atoms with Crippen molar-refractivity contribution in [3.8, 4) is 0 Å². The summed E-state index contributed by atoms with van der Waals surface area (Å²) in [4.78, 5) is 23.2. The predicted molar refractivity (Wildman–Crippen MR) is 85.2 cm³/mol.